The summed E-state index contributed by atoms with van der Waals surface area (Å²) in [6.45, 7) is 2.73. The Bertz CT molecular complexity index is 193. The van der Waals surface area contributed by atoms with E-state index in [1.54, 1.807) is 0 Å². The molecule has 0 aromatic rings. The van der Waals surface area contributed by atoms with Crippen LogP contribution >= 0.6 is 12.6 Å². The monoisotopic (exact) mass is 241 g/mol. The van der Waals surface area contributed by atoms with E-state index in [0.29, 0.717) is 0 Å². The number of piperidine rings is 1. The van der Waals surface area contributed by atoms with Crippen molar-refractivity contribution in [1.82, 2.24) is 4.90 Å². The zero-order valence-electron chi connectivity index (χ0n) is 10.5. The largest absolute Gasteiger partial charge is 0.300 e. The zero-order chi connectivity index (χ0) is 11.2. The number of thiol groups is 1. The molecule has 2 heteroatoms. The lowest BCUT2D eigenvalue weighted by molar-refractivity contribution is 0.0596. The highest BCUT2D eigenvalue weighted by atomic mass is 32.1. The van der Waals surface area contributed by atoms with Gasteiger partial charge in [0.25, 0.3) is 0 Å². The van der Waals surface area contributed by atoms with Crippen LogP contribution in [0.3, 0.4) is 0 Å². The van der Waals surface area contributed by atoms with E-state index >= 15 is 0 Å². The Labute approximate surface area is 106 Å². The van der Waals surface area contributed by atoms with Crippen molar-refractivity contribution < 1.29 is 0 Å². The fourth-order valence-electron chi connectivity index (χ4n) is 3.61. The number of unbranched alkanes of at least 4 members (excludes halogenated alkanes) is 2. The molecule has 1 aliphatic heterocycles. The molecule has 0 aromatic carbocycles. The van der Waals surface area contributed by atoms with Crippen molar-refractivity contribution in [3.05, 3.63) is 0 Å². The maximum Gasteiger partial charge on any atom is 0.0123 e. The average molecular weight is 241 g/mol. The highest BCUT2D eigenvalue weighted by Gasteiger charge is 2.32. The van der Waals surface area contributed by atoms with Crippen molar-refractivity contribution in [2.75, 3.05) is 18.8 Å². The van der Waals surface area contributed by atoms with Gasteiger partial charge in [-0.2, -0.15) is 12.6 Å². The minimum absolute atomic E-state index is 0.957. The van der Waals surface area contributed by atoms with Gasteiger partial charge >= 0.3 is 0 Å². The summed E-state index contributed by atoms with van der Waals surface area (Å²) in [6, 6.07) is 0.957. The first-order valence-corrected chi connectivity index (χ1v) is 7.90. The molecule has 2 rings (SSSR count). The fourth-order valence-corrected chi connectivity index (χ4v) is 3.83. The van der Waals surface area contributed by atoms with Crippen molar-refractivity contribution in [3.8, 4) is 0 Å². The molecule has 0 unspecified atom stereocenters. The van der Waals surface area contributed by atoms with E-state index in [2.05, 4.69) is 17.5 Å². The van der Waals surface area contributed by atoms with Crippen LogP contribution in [0.15, 0.2) is 0 Å². The maximum atomic E-state index is 4.28. The van der Waals surface area contributed by atoms with Crippen molar-refractivity contribution >= 4 is 12.6 Å². The highest BCUT2D eigenvalue weighted by Crippen LogP contribution is 2.35. The summed E-state index contributed by atoms with van der Waals surface area (Å²) in [4.78, 5) is 2.81. The molecule has 0 bridgehead atoms. The lowest BCUT2D eigenvalue weighted by Gasteiger charge is -2.44. The Hall–Kier alpha value is 0.310. The maximum absolute atomic E-state index is 4.28. The third kappa shape index (κ3) is 3.40. The molecule has 2 aliphatic rings. The summed E-state index contributed by atoms with van der Waals surface area (Å²) in [5.74, 6) is 2.11. The molecule has 0 amide bonds. The standard InChI is InChI=1S/C14H27NS/c16-12-5-1-4-10-15-11-6-8-13-7-2-3-9-14(13)15/h13-14,16H,1-12H2/t13-,14-/m1/s1. The Balaban J connectivity index is 1.74. The first-order valence-electron chi connectivity index (χ1n) is 7.26. The van der Waals surface area contributed by atoms with Crippen molar-refractivity contribution in [3.63, 3.8) is 0 Å². The van der Waals surface area contributed by atoms with Gasteiger partial charge in [0.15, 0.2) is 0 Å². The average Bonchev–Trinajstić information content (AvgIpc) is 2.35. The third-order valence-corrected chi connectivity index (χ3v) is 4.78. The van der Waals surface area contributed by atoms with Crippen LogP contribution in [0.5, 0.6) is 0 Å². The van der Waals surface area contributed by atoms with Crippen LogP contribution in [-0.4, -0.2) is 29.8 Å². The van der Waals surface area contributed by atoms with Crippen LogP contribution < -0.4 is 0 Å². The second kappa shape index (κ2) is 6.90. The number of hydrogen-bond donors (Lipinski definition) is 1. The minimum Gasteiger partial charge on any atom is -0.300 e. The smallest absolute Gasteiger partial charge is 0.0123 e. The molecule has 94 valence electrons. The second-order valence-electron chi connectivity index (χ2n) is 5.57. The van der Waals surface area contributed by atoms with Gasteiger partial charge in [-0.25, -0.2) is 0 Å². The van der Waals surface area contributed by atoms with Crippen molar-refractivity contribution in [2.45, 2.75) is 63.8 Å². The molecular weight excluding hydrogens is 214 g/mol. The predicted molar refractivity (Wildman–Crippen MR) is 74.3 cm³/mol. The van der Waals surface area contributed by atoms with Crippen LogP contribution in [-0.2, 0) is 0 Å². The quantitative estimate of drug-likeness (QED) is 0.567. The lowest BCUT2D eigenvalue weighted by atomic mass is 9.78. The van der Waals surface area contributed by atoms with Gasteiger partial charge in [-0.15, -0.1) is 0 Å². The third-order valence-electron chi connectivity index (χ3n) is 4.46. The van der Waals surface area contributed by atoms with Gasteiger partial charge in [-0.1, -0.05) is 19.3 Å². The van der Waals surface area contributed by atoms with E-state index < -0.39 is 0 Å². The van der Waals surface area contributed by atoms with Crippen LogP contribution in [0, 0.1) is 5.92 Å². The molecule has 2 atom stereocenters. The van der Waals surface area contributed by atoms with Crippen LogP contribution in [0.4, 0.5) is 0 Å². The summed E-state index contributed by atoms with van der Waals surface area (Å²) < 4.78 is 0. The molecule has 1 aliphatic carbocycles. The second-order valence-corrected chi connectivity index (χ2v) is 6.02. The van der Waals surface area contributed by atoms with E-state index in [0.717, 1.165) is 17.7 Å². The number of nitrogens with zero attached hydrogens (tertiary/aromatic N) is 1. The van der Waals surface area contributed by atoms with Crippen LogP contribution in [0.2, 0.25) is 0 Å². The van der Waals surface area contributed by atoms with E-state index in [4.69, 9.17) is 0 Å². The van der Waals surface area contributed by atoms with Gasteiger partial charge in [-0.05, 0) is 63.3 Å². The van der Waals surface area contributed by atoms with Gasteiger partial charge in [0.2, 0.25) is 0 Å². The Morgan fingerprint density at radius 3 is 2.62 bits per heavy atom. The van der Waals surface area contributed by atoms with E-state index in [-0.39, 0.29) is 0 Å². The molecule has 0 radical (unpaired) electrons. The van der Waals surface area contributed by atoms with E-state index in [1.165, 1.54) is 70.9 Å². The molecule has 1 nitrogen and oxygen atoms in total. The van der Waals surface area contributed by atoms with Crippen molar-refractivity contribution in [2.24, 2.45) is 5.92 Å². The first kappa shape index (κ1) is 12.8. The topological polar surface area (TPSA) is 3.24 Å². The van der Waals surface area contributed by atoms with E-state index in [1.807, 2.05) is 0 Å². The van der Waals surface area contributed by atoms with Crippen molar-refractivity contribution in [1.29, 1.82) is 0 Å². The van der Waals surface area contributed by atoms with Gasteiger partial charge in [-0.3, -0.25) is 0 Å². The molecule has 1 saturated heterocycles. The summed E-state index contributed by atoms with van der Waals surface area (Å²) in [7, 11) is 0. The van der Waals surface area contributed by atoms with Gasteiger partial charge in [0.1, 0.15) is 0 Å². The molecule has 16 heavy (non-hydrogen) atoms. The number of rotatable bonds is 5. The lowest BCUT2D eigenvalue weighted by Crippen LogP contribution is -2.47. The SMILES string of the molecule is SCCCCCN1CCC[C@H]2CCCC[C@H]21. The Morgan fingerprint density at radius 1 is 0.938 bits per heavy atom. The molecular formula is C14H27NS. The predicted octanol–water partition coefficient (Wildman–Crippen LogP) is 3.74. The Kier molecular flexibility index (Phi) is 5.51. The molecule has 2 fully saturated rings. The van der Waals surface area contributed by atoms with Crippen LogP contribution in [0.25, 0.3) is 0 Å². The zero-order valence-corrected chi connectivity index (χ0v) is 11.4. The number of likely N-dealkylation sites (tertiary alicyclic amines) is 1. The normalized spacial score (nSPS) is 31.3. The van der Waals surface area contributed by atoms with Crippen LogP contribution in [0.1, 0.15) is 57.8 Å². The Morgan fingerprint density at radius 2 is 1.75 bits per heavy atom. The van der Waals surface area contributed by atoms with Gasteiger partial charge < -0.3 is 4.90 Å². The summed E-state index contributed by atoms with van der Waals surface area (Å²) in [5, 5.41) is 0. The molecule has 1 saturated carbocycles. The number of fused-ring (bicyclic) bond motifs is 1. The molecule has 0 aromatic heterocycles. The fraction of sp³-hybridized carbons (Fsp3) is 1.00. The molecule has 0 spiro atoms. The number of hydrogen-bond acceptors (Lipinski definition) is 2. The summed E-state index contributed by atoms with van der Waals surface area (Å²) in [5.41, 5.74) is 0. The highest BCUT2D eigenvalue weighted by molar-refractivity contribution is 7.80. The van der Waals surface area contributed by atoms with E-state index in [9.17, 15) is 0 Å². The summed E-state index contributed by atoms with van der Waals surface area (Å²) in [6.07, 6.45) is 13.0. The molecule has 1 heterocycles. The van der Waals surface area contributed by atoms with Gasteiger partial charge in [0.05, 0.1) is 0 Å². The minimum atomic E-state index is 0.957. The molecule has 0 N–H and O–H groups in total. The first-order chi connectivity index (χ1) is 7.92. The van der Waals surface area contributed by atoms with Gasteiger partial charge in [0, 0.05) is 6.04 Å². The summed E-state index contributed by atoms with van der Waals surface area (Å²) >= 11 is 4.28.